The van der Waals surface area contributed by atoms with E-state index in [2.05, 4.69) is 26.0 Å². The van der Waals surface area contributed by atoms with Crippen molar-refractivity contribution in [1.82, 2.24) is 0 Å². The highest BCUT2D eigenvalue weighted by Gasteiger charge is 2.04. The van der Waals surface area contributed by atoms with Crippen LogP contribution in [0.15, 0.2) is 39.6 Å². The fraction of sp³-hybridized carbons (Fsp3) is 0.250. The number of rotatable bonds is 5. The van der Waals surface area contributed by atoms with Crippen molar-refractivity contribution in [2.45, 2.75) is 19.8 Å². The molecule has 0 heterocycles. The van der Waals surface area contributed by atoms with E-state index in [9.17, 15) is 4.79 Å². The second kappa shape index (κ2) is 6.83. The first-order valence-electron chi connectivity index (χ1n) is 5.28. The van der Waals surface area contributed by atoms with Gasteiger partial charge in [0.2, 0.25) is 0 Å². The molecule has 6 heteroatoms. The van der Waals surface area contributed by atoms with Gasteiger partial charge in [0.15, 0.2) is 0 Å². The van der Waals surface area contributed by atoms with Crippen molar-refractivity contribution >= 4 is 21.9 Å². The molecule has 1 aromatic carbocycles. The summed E-state index contributed by atoms with van der Waals surface area (Å²) in [4.78, 5) is 13.2. The minimum Gasteiger partial charge on any atom is -0.478 e. The summed E-state index contributed by atoms with van der Waals surface area (Å²) in [6.07, 6.45) is 2.61. The lowest BCUT2D eigenvalue weighted by Gasteiger charge is -2.04. The van der Waals surface area contributed by atoms with Gasteiger partial charge in [-0.1, -0.05) is 44.8 Å². The number of carboxylic acids is 1. The number of azide groups is 1. The van der Waals surface area contributed by atoms with E-state index in [1.54, 1.807) is 0 Å². The Labute approximate surface area is 113 Å². The molecule has 5 nitrogen and oxygen atoms in total. The lowest BCUT2D eigenvalue weighted by Crippen LogP contribution is -1.97. The molecular weight excluding hydrogens is 298 g/mol. The highest BCUT2D eigenvalue weighted by Crippen LogP contribution is 2.20. The molecule has 1 aromatic rings. The maximum Gasteiger partial charge on any atom is 0.337 e. The van der Waals surface area contributed by atoms with Crippen LogP contribution in [0.2, 0.25) is 0 Å². The number of halogens is 1. The van der Waals surface area contributed by atoms with Crippen LogP contribution in [0.25, 0.3) is 10.4 Å². The maximum atomic E-state index is 10.7. The fourth-order valence-corrected chi connectivity index (χ4v) is 1.92. The normalized spacial score (nSPS) is 10.9. The van der Waals surface area contributed by atoms with Crippen molar-refractivity contribution in [3.63, 3.8) is 0 Å². The Morgan fingerprint density at radius 3 is 2.94 bits per heavy atom. The number of aliphatic carboxylic acids is 1. The summed E-state index contributed by atoms with van der Waals surface area (Å²) in [6.45, 7) is 1.99. The molecule has 0 saturated heterocycles. The standard InChI is InChI=1S/C12H12BrN3O2/c1-8-5-6-10(13)9(7-8)3-2-4-11(12(17)18)15-16-14/h4-7H,2-3H2,1H3,(H,17,18). The first-order valence-corrected chi connectivity index (χ1v) is 6.07. The van der Waals surface area contributed by atoms with E-state index in [0.29, 0.717) is 12.8 Å². The quantitative estimate of drug-likeness (QED) is 0.386. The van der Waals surface area contributed by atoms with Gasteiger partial charge >= 0.3 is 5.97 Å². The lowest BCUT2D eigenvalue weighted by molar-refractivity contribution is -0.132. The largest absolute Gasteiger partial charge is 0.478 e. The van der Waals surface area contributed by atoms with Gasteiger partial charge in [0.1, 0.15) is 5.70 Å². The average Bonchev–Trinajstić information content (AvgIpc) is 2.32. The van der Waals surface area contributed by atoms with Gasteiger partial charge in [-0.25, -0.2) is 4.79 Å². The molecule has 0 aliphatic rings. The van der Waals surface area contributed by atoms with Crippen LogP contribution in [0, 0.1) is 6.92 Å². The molecule has 1 N–H and O–H groups in total. The van der Waals surface area contributed by atoms with E-state index in [4.69, 9.17) is 10.6 Å². The van der Waals surface area contributed by atoms with Crippen LogP contribution in [0.4, 0.5) is 0 Å². The summed E-state index contributed by atoms with van der Waals surface area (Å²) in [5.41, 5.74) is 10.2. The van der Waals surface area contributed by atoms with E-state index in [1.807, 2.05) is 25.1 Å². The Morgan fingerprint density at radius 2 is 2.33 bits per heavy atom. The van der Waals surface area contributed by atoms with Gasteiger partial charge in [0, 0.05) is 9.38 Å². The van der Waals surface area contributed by atoms with Crippen molar-refractivity contribution in [3.8, 4) is 0 Å². The third-order valence-electron chi connectivity index (χ3n) is 2.32. The average molecular weight is 310 g/mol. The van der Waals surface area contributed by atoms with Crippen LogP contribution >= 0.6 is 15.9 Å². The van der Waals surface area contributed by atoms with Crippen molar-refractivity contribution in [3.05, 3.63) is 56.0 Å². The van der Waals surface area contributed by atoms with Crippen LogP contribution < -0.4 is 0 Å². The second-order valence-electron chi connectivity index (χ2n) is 3.72. The Bertz CT molecular complexity index is 530. The first kappa shape index (κ1) is 14.3. The minimum atomic E-state index is -1.21. The molecule has 94 valence electrons. The SMILES string of the molecule is Cc1ccc(Br)c(CCC=C(N=[N+]=[N-])C(=O)O)c1. The Balaban J connectivity index is 2.76. The van der Waals surface area contributed by atoms with Crippen LogP contribution in [-0.4, -0.2) is 11.1 Å². The molecule has 0 aliphatic heterocycles. The van der Waals surface area contributed by atoms with E-state index < -0.39 is 5.97 Å². The monoisotopic (exact) mass is 309 g/mol. The summed E-state index contributed by atoms with van der Waals surface area (Å²) >= 11 is 3.44. The second-order valence-corrected chi connectivity index (χ2v) is 4.57. The Hall–Kier alpha value is -1.78. The van der Waals surface area contributed by atoms with Gasteiger partial charge in [-0.15, -0.1) is 0 Å². The third kappa shape index (κ3) is 4.24. The molecule has 0 unspecified atom stereocenters. The molecule has 18 heavy (non-hydrogen) atoms. The molecule has 0 fully saturated rings. The molecule has 1 rings (SSSR count). The van der Waals surface area contributed by atoms with Gasteiger partial charge in [-0.2, -0.15) is 0 Å². The number of hydrogen-bond donors (Lipinski definition) is 1. The van der Waals surface area contributed by atoms with Crippen molar-refractivity contribution < 1.29 is 9.90 Å². The summed E-state index contributed by atoms with van der Waals surface area (Å²) in [5, 5.41) is 11.9. The molecule has 0 aliphatic carbocycles. The molecule has 0 aromatic heterocycles. The fourth-order valence-electron chi connectivity index (χ4n) is 1.48. The van der Waals surface area contributed by atoms with Gasteiger partial charge in [-0.3, -0.25) is 0 Å². The Morgan fingerprint density at radius 1 is 1.61 bits per heavy atom. The molecule has 0 saturated carbocycles. The van der Waals surface area contributed by atoms with E-state index in [0.717, 1.165) is 15.6 Å². The number of aryl methyl sites for hydroxylation is 2. The highest BCUT2D eigenvalue weighted by atomic mass is 79.9. The summed E-state index contributed by atoms with van der Waals surface area (Å²) in [5.74, 6) is -1.21. The number of carbonyl (C=O) groups is 1. The topological polar surface area (TPSA) is 86.1 Å². The van der Waals surface area contributed by atoms with Gasteiger partial charge < -0.3 is 5.11 Å². The number of nitrogens with zero attached hydrogens (tertiary/aromatic N) is 3. The molecular formula is C12H12BrN3O2. The molecule has 0 bridgehead atoms. The number of hydrogen-bond acceptors (Lipinski definition) is 2. The third-order valence-corrected chi connectivity index (χ3v) is 3.10. The van der Waals surface area contributed by atoms with Crippen molar-refractivity contribution in [1.29, 1.82) is 0 Å². The summed E-state index contributed by atoms with van der Waals surface area (Å²) in [7, 11) is 0. The number of allylic oxidation sites excluding steroid dienone is 1. The number of benzene rings is 1. The summed E-state index contributed by atoms with van der Waals surface area (Å²) in [6, 6.07) is 5.98. The van der Waals surface area contributed by atoms with Crippen LogP contribution in [0.3, 0.4) is 0 Å². The molecule has 0 atom stereocenters. The van der Waals surface area contributed by atoms with Crippen LogP contribution in [0.5, 0.6) is 0 Å². The molecule has 0 spiro atoms. The maximum absolute atomic E-state index is 10.7. The van der Waals surface area contributed by atoms with Gasteiger partial charge in [-0.05, 0) is 36.9 Å². The van der Waals surface area contributed by atoms with E-state index in [-0.39, 0.29) is 5.70 Å². The molecule has 0 amide bonds. The van der Waals surface area contributed by atoms with E-state index >= 15 is 0 Å². The van der Waals surface area contributed by atoms with Gasteiger partial charge in [0.25, 0.3) is 0 Å². The zero-order chi connectivity index (χ0) is 13.5. The van der Waals surface area contributed by atoms with Crippen LogP contribution in [0.1, 0.15) is 17.5 Å². The van der Waals surface area contributed by atoms with Crippen molar-refractivity contribution in [2.24, 2.45) is 5.11 Å². The predicted octanol–water partition coefficient (Wildman–Crippen LogP) is 3.97. The predicted molar refractivity (Wildman–Crippen MR) is 72.1 cm³/mol. The first-order chi connectivity index (χ1) is 8.54. The number of carboxylic acid groups (broad SMARTS) is 1. The van der Waals surface area contributed by atoms with Crippen molar-refractivity contribution in [2.75, 3.05) is 0 Å². The van der Waals surface area contributed by atoms with E-state index in [1.165, 1.54) is 6.08 Å². The smallest absolute Gasteiger partial charge is 0.337 e. The lowest BCUT2D eigenvalue weighted by atomic mass is 10.1. The van der Waals surface area contributed by atoms with Crippen LogP contribution in [-0.2, 0) is 11.2 Å². The zero-order valence-corrected chi connectivity index (χ0v) is 11.4. The molecule has 0 radical (unpaired) electrons. The highest BCUT2D eigenvalue weighted by molar-refractivity contribution is 9.10. The van der Waals surface area contributed by atoms with Gasteiger partial charge in [0.05, 0.1) is 0 Å². The minimum absolute atomic E-state index is 0.263. The zero-order valence-electron chi connectivity index (χ0n) is 9.80. The summed E-state index contributed by atoms with van der Waals surface area (Å²) < 4.78 is 0.988. The Kier molecular flexibility index (Phi) is 5.42.